The standard InChI is InChI=1S/C28H33Cl2N5O5/c29-21-2-7-25(26(30)16-21)28(19-34-10-8-32-20-34)39-18-24(40-28)17-38-23-5-3-22(4-6-23)35-13-11-33(12-14-35)9-1-15-37-27(31)36/h2-8,10,16,20,24H,1,9,11-15,17-19H2,(H2,31,36). The molecule has 2 saturated heterocycles. The summed E-state index contributed by atoms with van der Waals surface area (Å²) in [5.41, 5.74) is 6.87. The molecule has 2 atom stereocenters. The Balaban J connectivity index is 1.13. The molecular formula is C28H33Cl2N5O5. The van der Waals surface area contributed by atoms with Crippen LogP contribution in [-0.2, 0) is 26.5 Å². The summed E-state index contributed by atoms with van der Waals surface area (Å²) in [5, 5.41) is 1.02. The predicted molar refractivity (Wildman–Crippen MR) is 152 cm³/mol. The number of primary amides is 1. The van der Waals surface area contributed by atoms with E-state index in [4.69, 9.17) is 47.9 Å². The Hall–Kier alpha value is -3.02. The maximum Gasteiger partial charge on any atom is 0.404 e. The highest BCUT2D eigenvalue weighted by molar-refractivity contribution is 6.35. The normalized spacial score (nSPS) is 21.4. The number of imidazole rings is 1. The van der Waals surface area contributed by atoms with Crippen LogP contribution in [0, 0.1) is 0 Å². The average molecular weight is 591 g/mol. The number of hydrogen-bond acceptors (Lipinski definition) is 8. The summed E-state index contributed by atoms with van der Waals surface area (Å²) in [6.45, 7) is 6.06. The van der Waals surface area contributed by atoms with Crippen LogP contribution in [0.4, 0.5) is 10.5 Å². The van der Waals surface area contributed by atoms with Crippen molar-refractivity contribution in [1.82, 2.24) is 14.5 Å². The molecule has 1 amide bonds. The second-order valence-electron chi connectivity index (χ2n) is 9.82. The maximum atomic E-state index is 10.7. The van der Waals surface area contributed by atoms with E-state index in [2.05, 4.69) is 26.9 Å². The molecule has 0 saturated carbocycles. The Morgan fingerprint density at radius 2 is 1.93 bits per heavy atom. The molecular weight excluding hydrogens is 557 g/mol. The minimum Gasteiger partial charge on any atom is -0.491 e. The zero-order chi connectivity index (χ0) is 28.0. The third-order valence-electron chi connectivity index (χ3n) is 7.02. The number of benzene rings is 2. The van der Waals surface area contributed by atoms with Crippen molar-refractivity contribution < 1.29 is 23.7 Å². The van der Waals surface area contributed by atoms with E-state index in [-0.39, 0.29) is 6.10 Å². The number of amides is 1. The molecule has 3 heterocycles. The van der Waals surface area contributed by atoms with Gasteiger partial charge in [-0.2, -0.15) is 0 Å². The molecule has 2 aromatic carbocycles. The molecule has 214 valence electrons. The highest BCUT2D eigenvalue weighted by atomic mass is 35.5. The van der Waals surface area contributed by atoms with E-state index in [0.29, 0.717) is 42.0 Å². The molecule has 0 radical (unpaired) electrons. The highest BCUT2D eigenvalue weighted by Gasteiger charge is 2.45. The van der Waals surface area contributed by atoms with E-state index in [1.165, 1.54) is 0 Å². The van der Waals surface area contributed by atoms with Gasteiger partial charge in [0.05, 0.1) is 31.1 Å². The third-order valence-corrected chi connectivity index (χ3v) is 7.57. The SMILES string of the molecule is NC(=O)OCCCN1CCN(c2ccc(OCC3COC(Cn4ccnc4)(c4ccc(Cl)cc4Cl)O3)cc2)CC1. The van der Waals surface area contributed by atoms with Crippen molar-refractivity contribution in [2.24, 2.45) is 5.73 Å². The Bertz CT molecular complexity index is 1250. The van der Waals surface area contributed by atoms with Gasteiger partial charge in [-0.25, -0.2) is 9.78 Å². The number of ether oxygens (including phenoxy) is 4. The van der Waals surface area contributed by atoms with Gasteiger partial charge in [-0.3, -0.25) is 4.90 Å². The van der Waals surface area contributed by atoms with Crippen LogP contribution in [0.2, 0.25) is 10.0 Å². The van der Waals surface area contributed by atoms with Crippen molar-refractivity contribution in [1.29, 1.82) is 0 Å². The number of aromatic nitrogens is 2. The summed E-state index contributed by atoms with van der Waals surface area (Å²) in [5.74, 6) is -0.325. The number of carbonyl (C=O) groups excluding carboxylic acids is 1. The number of rotatable bonds is 11. The number of halogens is 2. The van der Waals surface area contributed by atoms with Crippen molar-refractivity contribution in [3.05, 3.63) is 76.8 Å². The molecule has 40 heavy (non-hydrogen) atoms. The van der Waals surface area contributed by atoms with Crippen molar-refractivity contribution in [2.75, 3.05) is 57.4 Å². The van der Waals surface area contributed by atoms with Crippen LogP contribution >= 0.6 is 23.2 Å². The topological polar surface area (TPSA) is 104 Å². The molecule has 10 nitrogen and oxygen atoms in total. The number of anilines is 1. The smallest absolute Gasteiger partial charge is 0.404 e. The lowest BCUT2D eigenvalue weighted by Gasteiger charge is -2.36. The van der Waals surface area contributed by atoms with E-state index in [1.807, 2.05) is 29.0 Å². The Labute approximate surface area is 243 Å². The zero-order valence-corrected chi connectivity index (χ0v) is 23.6. The van der Waals surface area contributed by atoms with Gasteiger partial charge >= 0.3 is 6.09 Å². The number of carbonyl (C=O) groups is 1. The number of piperazine rings is 1. The van der Waals surface area contributed by atoms with Gasteiger partial charge in [-0.15, -0.1) is 0 Å². The van der Waals surface area contributed by atoms with E-state index >= 15 is 0 Å². The van der Waals surface area contributed by atoms with Gasteiger partial charge in [0.25, 0.3) is 0 Å². The molecule has 2 fully saturated rings. The van der Waals surface area contributed by atoms with Crippen LogP contribution in [0.25, 0.3) is 0 Å². The number of nitrogens with two attached hydrogens (primary N) is 1. The van der Waals surface area contributed by atoms with Crippen molar-refractivity contribution in [3.8, 4) is 5.75 Å². The molecule has 2 aliphatic rings. The summed E-state index contributed by atoms with van der Waals surface area (Å²) < 4.78 is 25.5. The summed E-state index contributed by atoms with van der Waals surface area (Å²) in [6.07, 6.45) is 5.04. The first-order valence-electron chi connectivity index (χ1n) is 13.3. The molecule has 2 N–H and O–H groups in total. The Morgan fingerprint density at radius 1 is 1.12 bits per heavy atom. The van der Waals surface area contributed by atoms with Gasteiger partial charge < -0.3 is 34.1 Å². The fourth-order valence-corrected chi connectivity index (χ4v) is 5.56. The van der Waals surface area contributed by atoms with Crippen molar-refractivity contribution in [2.45, 2.75) is 24.9 Å². The fourth-order valence-electron chi connectivity index (χ4n) is 5.01. The molecule has 0 bridgehead atoms. The maximum absolute atomic E-state index is 10.7. The minimum absolute atomic E-state index is 0.295. The van der Waals surface area contributed by atoms with Crippen LogP contribution in [0.15, 0.2) is 61.2 Å². The molecule has 0 aliphatic carbocycles. The quantitative estimate of drug-likeness (QED) is 0.333. The second-order valence-corrected chi connectivity index (χ2v) is 10.7. The first-order chi connectivity index (χ1) is 19.4. The molecule has 2 unspecified atom stereocenters. The molecule has 1 aromatic heterocycles. The van der Waals surface area contributed by atoms with Gasteiger partial charge in [0.1, 0.15) is 18.5 Å². The van der Waals surface area contributed by atoms with Crippen molar-refractivity contribution >= 4 is 35.0 Å². The van der Waals surface area contributed by atoms with E-state index in [9.17, 15) is 4.79 Å². The van der Waals surface area contributed by atoms with Crippen LogP contribution in [0.1, 0.15) is 12.0 Å². The molecule has 3 aromatic rings. The van der Waals surface area contributed by atoms with Gasteiger partial charge in [0, 0.05) is 61.4 Å². The molecule has 12 heteroatoms. The first-order valence-corrected chi connectivity index (χ1v) is 14.0. The Morgan fingerprint density at radius 3 is 2.62 bits per heavy atom. The largest absolute Gasteiger partial charge is 0.491 e. The fraction of sp³-hybridized carbons (Fsp3) is 0.429. The third kappa shape index (κ3) is 7.18. The van der Waals surface area contributed by atoms with Crippen LogP contribution in [-0.4, -0.2) is 79.2 Å². The lowest BCUT2D eigenvalue weighted by Crippen LogP contribution is -2.46. The van der Waals surface area contributed by atoms with E-state index in [0.717, 1.165) is 50.6 Å². The molecule has 2 aliphatic heterocycles. The van der Waals surface area contributed by atoms with E-state index < -0.39 is 11.9 Å². The van der Waals surface area contributed by atoms with Crippen LogP contribution < -0.4 is 15.4 Å². The van der Waals surface area contributed by atoms with Crippen molar-refractivity contribution in [3.63, 3.8) is 0 Å². The lowest BCUT2D eigenvalue weighted by molar-refractivity contribution is -0.189. The zero-order valence-electron chi connectivity index (χ0n) is 22.1. The van der Waals surface area contributed by atoms with Gasteiger partial charge in [0.2, 0.25) is 5.79 Å². The summed E-state index contributed by atoms with van der Waals surface area (Å²) >= 11 is 12.7. The van der Waals surface area contributed by atoms with Crippen LogP contribution in [0.5, 0.6) is 5.75 Å². The summed E-state index contributed by atoms with van der Waals surface area (Å²) in [7, 11) is 0. The highest BCUT2D eigenvalue weighted by Crippen LogP contribution is 2.40. The average Bonchev–Trinajstić information content (AvgIpc) is 3.61. The number of nitrogens with zero attached hydrogens (tertiary/aromatic N) is 4. The summed E-state index contributed by atoms with van der Waals surface area (Å²) in [6, 6.07) is 13.4. The minimum atomic E-state index is -1.09. The van der Waals surface area contributed by atoms with E-state index in [1.54, 1.807) is 24.7 Å². The predicted octanol–water partition coefficient (Wildman–Crippen LogP) is 4.14. The lowest BCUT2D eigenvalue weighted by atomic mass is 10.1. The Kier molecular flexibility index (Phi) is 9.33. The van der Waals surface area contributed by atoms with Crippen LogP contribution in [0.3, 0.4) is 0 Å². The van der Waals surface area contributed by atoms with Gasteiger partial charge in [-0.05, 0) is 42.8 Å². The van der Waals surface area contributed by atoms with Gasteiger partial charge in [-0.1, -0.05) is 29.3 Å². The first kappa shape index (κ1) is 28.5. The number of hydrogen-bond donors (Lipinski definition) is 1. The summed E-state index contributed by atoms with van der Waals surface area (Å²) in [4.78, 5) is 19.5. The molecule has 5 rings (SSSR count). The second kappa shape index (κ2) is 13.1. The molecule has 0 spiro atoms. The monoisotopic (exact) mass is 589 g/mol. The van der Waals surface area contributed by atoms with Gasteiger partial charge in [0.15, 0.2) is 0 Å².